The summed E-state index contributed by atoms with van der Waals surface area (Å²) in [5.74, 6) is -1.08. The predicted octanol–water partition coefficient (Wildman–Crippen LogP) is 3.75. The largest absolute Gasteiger partial charge is 0.348 e. The van der Waals surface area contributed by atoms with Gasteiger partial charge in [-0.2, -0.15) is 5.10 Å². The van der Waals surface area contributed by atoms with Crippen molar-refractivity contribution in [2.75, 3.05) is 5.32 Å². The third-order valence-electron chi connectivity index (χ3n) is 6.27. The van der Waals surface area contributed by atoms with Crippen molar-refractivity contribution in [1.29, 1.82) is 0 Å². The normalized spacial score (nSPS) is 11.1. The van der Waals surface area contributed by atoms with Crippen molar-refractivity contribution in [3.05, 3.63) is 98.0 Å². The first kappa shape index (κ1) is 24.8. The second-order valence-electron chi connectivity index (χ2n) is 9.03. The molecule has 0 aliphatic heterocycles. The van der Waals surface area contributed by atoms with Gasteiger partial charge in [0.05, 0.1) is 5.56 Å². The van der Waals surface area contributed by atoms with Gasteiger partial charge in [-0.3, -0.25) is 18.8 Å². The smallest absolute Gasteiger partial charge is 0.291 e. The quantitative estimate of drug-likeness (QED) is 0.431. The van der Waals surface area contributed by atoms with Gasteiger partial charge < -0.3 is 10.6 Å². The number of hydrogen-bond acceptors (Lipinski definition) is 4. The fraction of sp³-hybridized carbons (Fsp3) is 0.259. The minimum absolute atomic E-state index is 0.213. The molecule has 2 N–H and O–H groups in total. The number of carbonyl (C=O) groups excluding carboxylic acids is 2. The van der Waals surface area contributed by atoms with Gasteiger partial charge in [0, 0.05) is 17.9 Å². The molecule has 0 bridgehead atoms. The van der Waals surface area contributed by atoms with Crippen molar-refractivity contribution in [3.63, 3.8) is 0 Å². The molecule has 0 unspecified atom stereocenters. The Morgan fingerprint density at radius 2 is 1.64 bits per heavy atom. The van der Waals surface area contributed by atoms with Crippen LogP contribution in [0.1, 0.15) is 43.9 Å². The summed E-state index contributed by atoms with van der Waals surface area (Å²) in [6, 6.07) is 9.81. The van der Waals surface area contributed by atoms with E-state index in [1.54, 1.807) is 30.4 Å². The molecule has 0 saturated heterocycles. The summed E-state index contributed by atoms with van der Waals surface area (Å²) in [6.07, 6.45) is 1.44. The van der Waals surface area contributed by atoms with Gasteiger partial charge in [0.2, 0.25) is 5.91 Å². The maximum atomic E-state index is 13.2. The summed E-state index contributed by atoms with van der Waals surface area (Å²) in [5, 5.41) is 9.86. The fourth-order valence-corrected chi connectivity index (χ4v) is 4.57. The molecule has 8 nitrogen and oxygen atoms in total. The number of benzene rings is 2. The fourth-order valence-electron chi connectivity index (χ4n) is 4.57. The van der Waals surface area contributed by atoms with Gasteiger partial charge in [-0.25, -0.2) is 9.07 Å². The van der Waals surface area contributed by atoms with Crippen LogP contribution in [0.4, 0.5) is 10.1 Å². The van der Waals surface area contributed by atoms with Gasteiger partial charge in [0.15, 0.2) is 0 Å². The molecule has 36 heavy (non-hydrogen) atoms. The monoisotopic (exact) mass is 489 g/mol. The zero-order valence-electron chi connectivity index (χ0n) is 20.9. The van der Waals surface area contributed by atoms with Crippen LogP contribution in [0.15, 0.2) is 47.5 Å². The molecule has 0 atom stereocenters. The highest BCUT2D eigenvalue weighted by Gasteiger charge is 2.22. The zero-order valence-corrected chi connectivity index (χ0v) is 20.9. The van der Waals surface area contributed by atoms with Crippen LogP contribution in [-0.2, 0) is 17.9 Å². The summed E-state index contributed by atoms with van der Waals surface area (Å²) >= 11 is 0. The summed E-state index contributed by atoms with van der Waals surface area (Å²) in [7, 11) is 0. The van der Waals surface area contributed by atoms with Gasteiger partial charge >= 0.3 is 0 Å². The van der Waals surface area contributed by atoms with Gasteiger partial charge in [-0.15, -0.1) is 0 Å². The summed E-state index contributed by atoms with van der Waals surface area (Å²) < 4.78 is 15.8. The van der Waals surface area contributed by atoms with Gasteiger partial charge in [0.1, 0.15) is 24.2 Å². The number of rotatable bonds is 6. The van der Waals surface area contributed by atoms with E-state index >= 15 is 0 Å². The Morgan fingerprint density at radius 1 is 1.00 bits per heavy atom. The molecule has 0 aliphatic rings. The highest BCUT2D eigenvalue weighted by Crippen LogP contribution is 2.22. The molecule has 0 radical (unpaired) electrons. The Labute approximate surface area is 207 Å². The van der Waals surface area contributed by atoms with Crippen LogP contribution in [0, 0.1) is 40.4 Å². The van der Waals surface area contributed by atoms with Crippen LogP contribution in [0.2, 0.25) is 0 Å². The maximum Gasteiger partial charge on any atom is 0.291 e. The number of carbonyl (C=O) groups is 2. The van der Waals surface area contributed by atoms with Gasteiger partial charge in [0.25, 0.3) is 11.5 Å². The SMILES string of the molecule is Cc1cc(C)c(NC(=O)Cn2ncn3c(C)c(C(=O)NCc4ccc(F)cc4)c(C)c3c2=O)c(C)c1. The Hall–Kier alpha value is -4.27. The average Bonchev–Trinajstić information content (AvgIpc) is 3.07. The number of nitrogens with zero attached hydrogens (tertiary/aromatic N) is 3. The summed E-state index contributed by atoms with van der Waals surface area (Å²) in [4.78, 5) is 39.0. The second kappa shape index (κ2) is 9.77. The number of halogens is 1. The van der Waals surface area contributed by atoms with Crippen LogP contribution in [0.5, 0.6) is 0 Å². The molecule has 2 amide bonds. The Kier molecular flexibility index (Phi) is 6.74. The van der Waals surface area contributed by atoms with Crippen molar-refractivity contribution >= 4 is 23.0 Å². The molecule has 0 aliphatic carbocycles. The standard InChI is InChI=1S/C27H28FN5O3/c1-15-10-16(2)24(17(3)11-15)31-22(34)13-33-27(36)25-18(4)23(19(5)32(25)14-30-33)26(35)29-12-20-6-8-21(28)9-7-20/h6-11,14H,12-13H2,1-5H3,(H,29,35)(H,31,34). The van der Waals surface area contributed by atoms with Crippen molar-refractivity contribution in [3.8, 4) is 0 Å². The van der Waals surface area contributed by atoms with E-state index in [0.29, 0.717) is 16.8 Å². The Bertz CT molecular complexity index is 1530. The average molecular weight is 490 g/mol. The van der Waals surface area contributed by atoms with E-state index in [-0.39, 0.29) is 36.2 Å². The number of nitrogens with one attached hydrogen (secondary N) is 2. The first-order valence-electron chi connectivity index (χ1n) is 11.5. The predicted molar refractivity (Wildman–Crippen MR) is 136 cm³/mol. The first-order valence-corrected chi connectivity index (χ1v) is 11.5. The lowest BCUT2D eigenvalue weighted by atomic mass is 10.1. The van der Waals surface area contributed by atoms with E-state index in [1.807, 2.05) is 32.9 Å². The third kappa shape index (κ3) is 4.77. The third-order valence-corrected chi connectivity index (χ3v) is 6.27. The van der Waals surface area contributed by atoms with Gasteiger partial charge in [-0.1, -0.05) is 29.8 Å². The zero-order chi connectivity index (χ0) is 26.1. The van der Waals surface area contributed by atoms with Crippen LogP contribution in [0.3, 0.4) is 0 Å². The molecule has 9 heteroatoms. The highest BCUT2D eigenvalue weighted by atomic mass is 19.1. The van der Waals surface area contributed by atoms with Crippen LogP contribution in [-0.4, -0.2) is 26.0 Å². The first-order chi connectivity index (χ1) is 17.1. The molecule has 4 aromatic rings. The van der Waals surface area contributed by atoms with E-state index in [0.717, 1.165) is 32.6 Å². The molecule has 2 aromatic carbocycles. The van der Waals surface area contributed by atoms with E-state index in [9.17, 15) is 18.8 Å². The van der Waals surface area contributed by atoms with Crippen LogP contribution >= 0.6 is 0 Å². The maximum absolute atomic E-state index is 13.2. The lowest BCUT2D eigenvalue weighted by Crippen LogP contribution is -2.31. The minimum atomic E-state index is -0.469. The number of aryl methyl sites for hydroxylation is 5. The topological polar surface area (TPSA) is 97.5 Å². The molecule has 4 rings (SSSR count). The molecular weight excluding hydrogens is 461 g/mol. The Morgan fingerprint density at radius 3 is 2.28 bits per heavy atom. The van der Waals surface area contributed by atoms with Crippen molar-refractivity contribution in [1.82, 2.24) is 19.5 Å². The number of hydrogen-bond donors (Lipinski definition) is 2. The molecule has 2 heterocycles. The lowest BCUT2D eigenvalue weighted by Gasteiger charge is -2.13. The molecular formula is C27H28FN5O3. The van der Waals surface area contributed by atoms with Crippen LogP contribution in [0.25, 0.3) is 5.52 Å². The van der Waals surface area contributed by atoms with Crippen LogP contribution < -0.4 is 16.2 Å². The van der Waals surface area contributed by atoms with E-state index in [1.165, 1.54) is 18.5 Å². The van der Waals surface area contributed by atoms with Gasteiger partial charge in [-0.05, 0) is 69.0 Å². The van der Waals surface area contributed by atoms with Crippen molar-refractivity contribution < 1.29 is 14.0 Å². The number of fused-ring (bicyclic) bond motifs is 1. The van der Waals surface area contributed by atoms with E-state index < -0.39 is 5.56 Å². The lowest BCUT2D eigenvalue weighted by molar-refractivity contribution is -0.117. The molecule has 186 valence electrons. The number of anilines is 1. The van der Waals surface area contributed by atoms with Crippen molar-refractivity contribution in [2.24, 2.45) is 0 Å². The number of amides is 2. The minimum Gasteiger partial charge on any atom is -0.348 e. The molecule has 0 fully saturated rings. The van der Waals surface area contributed by atoms with E-state index in [2.05, 4.69) is 15.7 Å². The molecule has 0 spiro atoms. The Balaban J connectivity index is 1.58. The summed E-state index contributed by atoms with van der Waals surface area (Å²) in [6.45, 7) is 9.20. The molecule has 2 aromatic heterocycles. The summed E-state index contributed by atoms with van der Waals surface area (Å²) in [5.41, 5.74) is 5.67. The second-order valence-corrected chi connectivity index (χ2v) is 9.03. The molecule has 0 saturated carbocycles. The van der Waals surface area contributed by atoms with E-state index in [4.69, 9.17) is 0 Å². The number of aromatic nitrogens is 3. The van der Waals surface area contributed by atoms with Crippen molar-refractivity contribution in [2.45, 2.75) is 47.7 Å². The highest BCUT2D eigenvalue weighted by molar-refractivity contribution is 5.99.